The Labute approximate surface area is 156 Å². The third kappa shape index (κ3) is 3.96. The third-order valence-electron chi connectivity index (χ3n) is 6.14. The van der Waals surface area contributed by atoms with Gasteiger partial charge in [0, 0.05) is 17.5 Å². The average molecular weight is 379 g/mol. The van der Waals surface area contributed by atoms with Crippen LogP contribution in [-0.4, -0.2) is 24.8 Å². The first-order valence-electron chi connectivity index (χ1n) is 9.67. The van der Waals surface area contributed by atoms with E-state index in [2.05, 4.69) is 16.9 Å². The maximum atomic E-state index is 12.6. The first-order valence-corrected chi connectivity index (χ1v) is 11.1. The molecule has 3 fully saturated rings. The molecule has 0 atom stereocenters. The minimum Gasteiger partial charge on any atom is -0.389 e. The summed E-state index contributed by atoms with van der Waals surface area (Å²) in [5.74, 6) is 0. The molecule has 0 unspecified atom stereocenters. The molecule has 0 spiro atoms. The van der Waals surface area contributed by atoms with E-state index < -0.39 is 15.6 Å². The van der Waals surface area contributed by atoms with Crippen molar-refractivity contribution in [3.63, 3.8) is 0 Å². The Morgan fingerprint density at radius 3 is 2.38 bits per heavy atom. The summed E-state index contributed by atoms with van der Waals surface area (Å²) >= 11 is 0. The Hall–Kier alpha value is -1.40. The molecule has 144 valence electrons. The quantitative estimate of drug-likeness (QED) is 0.558. The molecular weight excluding hydrogens is 348 g/mol. The molecule has 2 bridgehead atoms. The van der Waals surface area contributed by atoms with E-state index in [1.165, 1.54) is 6.42 Å². The Balaban J connectivity index is 1.81. The summed E-state index contributed by atoms with van der Waals surface area (Å²) in [6.07, 6.45) is 8.36. The predicted octanol–water partition coefficient (Wildman–Crippen LogP) is 3.90. The van der Waals surface area contributed by atoms with Gasteiger partial charge in [0.15, 0.2) is 0 Å². The summed E-state index contributed by atoms with van der Waals surface area (Å²) in [6, 6.07) is 6.74. The normalized spacial score (nSPS) is 29.9. The lowest BCUT2D eigenvalue weighted by Crippen LogP contribution is -2.52. The number of aliphatic hydroxyl groups is 1. The Kier molecular flexibility index (Phi) is 5.45. The van der Waals surface area contributed by atoms with E-state index in [1.807, 2.05) is 6.92 Å². The van der Waals surface area contributed by atoms with Crippen molar-refractivity contribution < 1.29 is 13.5 Å². The average Bonchev–Trinajstić information content (AvgIpc) is 2.62. The second kappa shape index (κ2) is 7.31. The van der Waals surface area contributed by atoms with Crippen molar-refractivity contribution in [1.29, 1.82) is 0 Å². The first kappa shape index (κ1) is 19.4. The van der Waals surface area contributed by atoms with Gasteiger partial charge < -0.3 is 5.11 Å². The monoisotopic (exact) mass is 378 g/mol. The summed E-state index contributed by atoms with van der Waals surface area (Å²) in [7, 11) is -3.68. The molecule has 3 aliphatic rings. The number of hydrogen-bond acceptors (Lipinski definition) is 4. The molecule has 0 radical (unpaired) electrons. The molecule has 1 aromatic rings. The smallest absolute Gasteiger partial charge is 0.276 e. The lowest BCUT2D eigenvalue weighted by molar-refractivity contribution is -0.0375. The number of nitrogens with one attached hydrogen (secondary N) is 1. The summed E-state index contributed by atoms with van der Waals surface area (Å²) in [5, 5.41) is 15.0. The van der Waals surface area contributed by atoms with Gasteiger partial charge in [-0.15, -0.1) is 0 Å². The molecule has 3 aliphatic carbocycles. The fourth-order valence-corrected chi connectivity index (χ4v) is 5.14. The number of aryl methyl sites for hydroxylation is 1. The molecule has 0 heterocycles. The van der Waals surface area contributed by atoms with Crippen LogP contribution in [0.15, 0.2) is 34.3 Å². The van der Waals surface area contributed by atoms with E-state index in [0.29, 0.717) is 6.42 Å². The lowest BCUT2D eigenvalue weighted by atomic mass is 9.56. The molecule has 2 N–H and O–H groups in total. The van der Waals surface area contributed by atoms with Crippen molar-refractivity contribution in [2.24, 2.45) is 10.5 Å². The van der Waals surface area contributed by atoms with Crippen molar-refractivity contribution in [2.75, 3.05) is 0 Å². The summed E-state index contributed by atoms with van der Waals surface area (Å²) in [4.78, 5) is 2.65. The van der Waals surface area contributed by atoms with Crippen LogP contribution in [0.1, 0.15) is 70.3 Å². The number of sulfonamides is 1. The highest BCUT2D eigenvalue weighted by molar-refractivity contribution is 7.89. The number of unbranched alkanes of at least 4 members (excludes halogenated alkanes) is 2. The number of hydrazone groups is 1. The first-order chi connectivity index (χ1) is 12.3. The molecule has 5 nitrogen and oxygen atoms in total. The number of fused-ring (bicyclic) bond motifs is 3. The van der Waals surface area contributed by atoms with E-state index >= 15 is 0 Å². The molecule has 3 saturated carbocycles. The van der Waals surface area contributed by atoms with Crippen LogP contribution in [-0.2, 0) is 10.0 Å². The van der Waals surface area contributed by atoms with Crippen LogP contribution in [0.25, 0.3) is 0 Å². The highest BCUT2D eigenvalue weighted by Gasteiger charge is 2.51. The van der Waals surface area contributed by atoms with Crippen LogP contribution in [0.2, 0.25) is 0 Å². The second-order valence-corrected chi connectivity index (χ2v) is 9.77. The molecule has 4 rings (SSSR count). The Bertz CT molecular complexity index is 761. The van der Waals surface area contributed by atoms with Gasteiger partial charge in [0.1, 0.15) is 0 Å². The van der Waals surface area contributed by atoms with E-state index in [1.54, 1.807) is 24.3 Å². The van der Waals surface area contributed by atoms with Gasteiger partial charge in [-0.2, -0.15) is 13.5 Å². The molecule has 0 aromatic heterocycles. The topological polar surface area (TPSA) is 78.8 Å². The van der Waals surface area contributed by atoms with E-state index in [-0.39, 0.29) is 10.3 Å². The van der Waals surface area contributed by atoms with Crippen molar-refractivity contribution >= 4 is 15.7 Å². The van der Waals surface area contributed by atoms with Crippen LogP contribution in [0.3, 0.4) is 0 Å². The number of hydrogen-bond donors (Lipinski definition) is 2. The predicted molar refractivity (Wildman–Crippen MR) is 104 cm³/mol. The standard InChI is InChI=1S/C20H30N2O3S/c1-3-4-5-10-19-11-13-20(23,14-12-19)15-18(19)21-22-26(24,25)17-8-6-16(2)7-9-17/h6-9,22-23H,3-5,10-15H2,1-2H3/b21-18-. The third-order valence-corrected chi connectivity index (χ3v) is 7.36. The number of nitrogens with zero attached hydrogens (tertiary/aromatic N) is 1. The highest BCUT2D eigenvalue weighted by atomic mass is 32.2. The van der Waals surface area contributed by atoms with Crippen LogP contribution in [0.5, 0.6) is 0 Å². The van der Waals surface area contributed by atoms with Gasteiger partial charge in [-0.25, -0.2) is 4.83 Å². The minimum atomic E-state index is -3.68. The molecule has 0 saturated heterocycles. The number of benzene rings is 1. The van der Waals surface area contributed by atoms with Gasteiger partial charge >= 0.3 is 0 Å². The zero-order valence-corrected chi connectivity index (χ0v) is 16.6. The highest BCUT2D eigenvalue weighted by Crippen LogP contribution is 2.53. The maximum absolute atomic E-state index is 12.6. The van der Waals surface area contributed by atoms with Crippen molar-refractivity contribution in [2.45, 2.75) is 82.1 Å². The van der Waals surface area contributed by atoms with Crippen LogP contribution < -0.4 is 4.83 Å². The summed E-state index contributed by atoms with van der Waals surface area (Å²) in [5.41, 5.74) is 1.09. The largest absolute Gasteiger partial charge is 0.389 e. The van der Waals surface area contributed by atoms with Gasteiger partial charge in [0.25, 0.3) is 10.0 Å². The lowest BCUT2D eigenvalue weighted by Gasteiger charge is -2.51. The van der Waals surface area contributed by atoms with Crippen molar-refractivity contribution in [3.8, 4) is 0 Å². The number of rotatable bonds is 7. The van der Waals surface area contributed by atoms with Gasteiger partial charge in [0.2, 0.25) is 0 Å². The Morgan fingerprint density at radius 2 is 1.77 bits per heavy atom. The SMILES string of the molecule is CCCCCC12CCC(O)(CC1)C/C2=N/NS(=O)(=O)c1ccc(C)cc1. The van der Waals surface area contributed by atoms with Gasteiger partial charge in [-0.05, 0) is 51.2 Å². The van der Waals surface area contributed by atoms with Crippen molar-refractivity contribution in [3.05, 3.63) is 29.8 Å². The molecule has 1 aromatic carbocycles. The van der Waals surface area contributed by atoms with Gasteiger partial charge in [0.05, 0.1) is 10.5 Å². The molecule has 0 aliphatic heterocycles. The van der Waals surface area contributed by atoms with E-state index in [0.717, 1.165) is 56.2 Å². The molecule has 26 heavy (non-hydrogen) atoms. The Morgan fingerprint density at radius 1 is 1.12 bits per heavy atom. The van der Waals surface area contributed by atoms with Crippen LogP contribution in [0.4, 0.5) is 0 Å². The van der Waals surface area contributed by atoms with Gasteiger partial charge in [-0.1, -0.05) is 43.9 Å². The fraction of sp³-hybridized carbons (Fsp3) is 0.650. The summed E-state index contributed by atoms with van der Waals surface area (Å²) < 4.78 is 25.1. The second-order valence-electron chi connectivity index (χ2n) is 8.10. The summed E-state index contributed by atoms with van der Waals surface area (Å²) in [6.45, 7) is 4.10. The zero-order valence-electron chi connectivity index (χ0n) is 15.8. The van der Waals surface area contributed by atoms with E-state index in [4.69, 9.17) is 0 Å². The molecule has 6 heteroatoms. The van der Waals surface area contributed by atoms with Crippen molar-refractivity contribution in [1.82, 2.24) is 4.83 Å². The zero-order chi connectivity index (χ0) is 18.8. The minimum absolute atomic E-state index is 0.0462. The maximum Gasteiger partial charge on any atom is 0.276 e. The van der Waals surface area contributed by atoms with Gasteiger partial charge in [-0.3, -0.25) is 0 Å². The van der Waals surface area contributed by atoms with Crippen LogP contribution in [0, 0.1) is 12.3 Å². The molecular formula is C20H30N2O3S. The molecule has 0 amide bonds. The van der Waals surface area contributed by atoms with E-state index in [9.17, 15) is 13.5 Å². The fourth-order valence-electron chi connectivity index (χ4n) is 4.31. The van der Waals surface area contributed by atoms with Crippen LogP contribution >= 0.6 is 0 Å².